The molecule has 2 aromatic rings. The Morgan fingerprint density at radius 1 is 1.23 bits per heavy atom. The van der Waals surface area contributed by atoms with Gasteiger partial charge in [-0.15, -0.1) is 21.5 Å². The van der Waals surface area contributed by atoms with Crippen molar-refractivity contribution >= 4 is 22.9 Å². The second-order valence-corrected chi connectivity index (χ2v) is 7.54. The van der Waals surface area contributed by atoms with Crippen LogP contribution in [0.2, 0.25) is 0 Å². The van der Waals surface area contributed by atoms with E-state index < -0.39 is 0 Å². The lowest BCUT2D eigenvalue weighted by Gasteiger charge is -2.30. The predicted octanol–water partition coefficient (Wildman–Crippen LogP) is 2.68. The SMILES string of the molecule is COc1ccc(NC(=O)CN2CCC(c3nnc(C)s3)CC2)cc1OC. The molecule has 26 heavy (non-hydrogen) atoms. The van der Waals surface area contributed by atoms with Crippen molar-refractivity contribution in [2.45, 2.75) is 25.7 Å². The number of nitrogens with zero attached hydrogens (tertiary/aromatic N) is 3. The number of likely N-dealkylation sites (tertiary alicyclic amines) is 1. The third-order valence-electron chi connectivity index (χ3n) is 4.51. The molecular weight excluding hydrogens is 352 g/mol. The largest absolute Gasteiger partial charge is 0.493 e. The van der Waals surface area contributed by atoms with Gasteiger partial charge in [0, 0.05) is 17.7 Å². The minimum Gasteiger partial charge on any atom is -0.493 e. The summed E-state index contributed by atoms with van der Waals surface area (Å²) in [6.07, 6.45) is 2.02. The smallest absolute Gasteiger partial charge is 0.238 e. The van der Waals surface area contributed by atoms with Gasteiger partial charge in [0.25, 0.3) is 0 Å². The van der Waals surface area contributed by atoms with Crippen molar-refractivity contribution in [2.24, 2.45) is 0 Å². The highest BCUT2D eigenvalue weighted by Gasteiger charge is 2.24. The molecule has 2 heterocycles. The Bertz CT molecular complexity index is 757. The van der Waals surface area contributed by atoms with E-state index in [-0.39, 0.29) is 5.91 Å². The molecule has 0 atom stereocenters. The Morgan fingerprint density at radius 2 is 1.96 bits per heavy atom. The molecule has 0 aliphatic carbocycles. The summed E-state index contributed by atoms with van der Waals surface area (Å²) in [6.45, 7) is 4.15. The number of carbonyl (C=O) groups excluding carboxylic acids is 1. The van der Waals surface area contributed by atoms with E-state index in [9.17, 15) is 4.79 Å². The summed E-state index contributed by atoms with van der Waals surface area (Å²) < 4.78 is 10.5. The molecule has 1 N–H and O–H groups in total. The first-order valence-electron chi connectivity index (χ1n) is 8.63. The highest BCUT2D eigenvalue weighted by Crippen LogP contribution is 2.31. The fraction of sp³-hybridized carbons (Fsp3) is 0.500. The summed E-state index contributed by atoms with van der Waals surface area (Å²) in [5.41, 5.74) is 0.701. The molecule has 1 aliphatic heterocycles. The first kappa shape index (κ1) is 18.6. The molecule has 1 saturated heterocycles. The van der Waals surface area contributed by atoms with Gasteiger partial charge in [-0.3, -0.25) is 9.69 Å². The number of anilines is 1. The monoisotopic (exact) mass is 376 g/mol. The number of hydrogen-bond donors (Lipinski definition) is 1. The van der Waals surface area contributed by atoms with Gasteiger partial charge in [0.05, 0.1) is 20.8 Å². The fourth-order valence-electron chi connectivity index (χ4n) is 3.13. The molecule has 0 spiro atoms. The standard InChI is InChI=1S/C18H24N4O3S/c1-12-20-21-18(26-12)13-6-8-22(9-7-13)11-17(23)19-14-4-5-15(24-2)16(10-14)25-3/h4-5,10,13H,6-9,11H2,1-3H3,(H,19,23). The number of hydrogen-bond acceptors (Lipinski definition) is 7. The lowest BCUT2D eigenvalue weighted by atomic mass is 9.98. The molecule has 1 amide bonds. The number of aromatic nitrogens is 2. The first-order valence-corrected chi connectivity index (χ1v) is 9.45. The van der Waals surface area contributed by atoms with Crippen molar-refractivity contribution in [3.63, 3.8) is 0 Å². The zero-order valence-corrected chi connectivity index (χ0v) is 16.1. The van der Waals surface area contributed by atoms with Crippen molar-refractivity contribution in [3.8, 4) is 11.5 Å². The minimum absolute atomic E-state index is 0.0255. The number of amides is 1. The molecule has 3 rings (SSSR count). The van der Waals surface area contributed by atoms with Crippen molar-refractivity contribution < 1.29 is 14.3 Å². The quantitative estimate of drug-likeness (QED) is 0.835. The van der Waals surface area contributed by atoms with E-state index in [1.807, 2.05) is 13.0 Å². The van der Waals surface area contributed by atoms with Crippen molar-refractivity contribution in [2.75, 3.05) is 39.2 Å². The third-order valence-corrected chi connectivity index (χ3v) is 5.51. The molecule has 7 nitrogen and oxygen atoms in total. The molecule has 1 aromatic carbocycles. The van der Waals surface area contributed by atoms with Crippen LogP contribution in [0.15, 0.2) is 18.2 Å². The Labute approximate surface area is 157 Å². The highest BCUT2D eigenvalue weighted by molar-refractivity contribution is 7.11. The van der Waals surface area contributed by atoms with Crippen molar-refractivity contribution in [3.05, 3.63) is 28.2 Å². The van der Waals surface area contributed by atoms with Crippen molar-refractivity contribution in [1.29, 1.82) is 0 Å². The average Bonchev–Trinajstić information content (AvgIpc) is 3.08. The molecule has 1 aliphatic rings. The summed E-state index contributed by atoms with van der Waals surface area (Å²) in [5, 5.41) is 13.4. The van der Waals surface area contributed by atoms with Gasteiger partial charge in [-0.05, 0) is 45.0 Å². The van der Waals surface area contributed by atoms with E-state index in [1.165, 1.54) is 0 Å². The van der Waals surface area contributed by atoms with E-state index in [1.54, 1.807) is 37.7 Å². The molecule has 0 radical (unpaired) electrons. The third kappa shape index (κ3) is 4.50. The van der Waals surface area contributed by atoms with Crippen LogP contribution in [0.25, 0.3) is 0 Å². The van der Waals surface area contributed by atoms with E-state index >= 15 is 0 Å². The summed E-state index contributed by atoms with van der Waals surface area (Å²) >= 11 is 1.68. The topological polar surface area (TPSA) is 76.6 Å². The summed E-state index contributed by atoms with van der Waals surface area (Å²) in [6, 6.07) is 5.36. The van der Waals surface area contributed by atoms with Gasteiger partial charge in [0.15, 0.2) is 11.5 Å². The number of rotatable bonds is 6. The Hall–Kier alpha value is -2.19. The van der Waals surface area contributed by atoms with Gasteiger partial charge in [0.1, 0.15) is 10.0 Å². The summed E-state index contributed by atoms with van der Waals surface area (Å²) in [4.78, 5) is 14.5. The zero-order chi connectivity index (χ0) is 18.5. The van der Waals surface area contributed by atoms with Crippen LogP contribution in [0, 0.1) is 6.92 Å². The normalized spacial score (nSPS) is 15.7. The number of ether oxygens (including phenoxy) is 2. The highest BCUT2D eigenvalue weighted by atomic mass is 32.1. The van der Waals surface area contributed by atoms with Crippen LogP contribution in [0.5, 0.6) is 11.5 Å². The molecule has 0 bridgehead atoms. The van der Waals surface area contributed by atoms with E-state index in [4.69, 9.17) is 9.47 Å². The number of piperidine rings is 1. The van der Waals surface area contributed by atoms with Crippen LogP contribution in [0.3, 0.4) is 0 Å². The Morgan fingerprint density at radius 3 is 2.58 bits per heavy atom. The molecule has 0 unspecified atom stereocenters. The van der Waals surface area contributed by atoms with E-state index in [0.717, 1.165) is 35.9 Å². The molecule has 0 saturated carbocycles. The number of nitrogens with one attached hydrogen (secondary N) is 1. The zero-order valence-electron chi connectivity index (χ0n) is 15.3. The van der Waals surface area contributed by atoms with Crippen LogP contribution >= 0.6 is 11.3 Å². The lowest BCUT2D eigenvalue weighted by molar-refractivity contribution is -0.117. The Balaban J connectivity index is 1.50. The van der Waals surface area contributed by atoms with Crippen LogP contribution in [-0.2, 0) is 4.79 Å². The van der Waals surface area contributed by atoms with Crippen LogP contribution in [0.1, 0.15) is 28.8 Å². The first-order chi connectivity index (χ1) is 12.6. The van der Waals surface area contributed by atoms with Gasteiger partial charge in [-0.25, -0.2) is 0 Å². The number of carbonyl (C=O) groups is 1. The van der Waals surface area contributed by atoms with Gasteiger partial charge in [-0.2, -0.15) is 0 Å². The summed E-state index contributed by atoms with van der Waals surface area (Å²) in [5.74, 6) is 1.67. The van der Waals surface area contributed by atoms with Gasteiger partial charge >= 0.3 is 0 Å². The van der Waals surface area contributed by atoms with Crippen LogP contribution < -0.4 is 14.8 Å². The van der Waals surface area contributed by atoms with E-state index in [2.05, 4.69) is 20.4 Å². The predicted molar refractivity (Wildman–Crippen MR) is 101 cm³/mol. The second kappa shape index (κ2) is 8.46. The van der Waals surface area contributed by atoms with Gasteiger partial charge in [0.2, 0.25) is 5.91 Å². The van der Waals surface area contributed by atoms with Crippen LogP contribution in [-0.4, -0.2) is 54.9 Å². The number of benzene rings is 1. The fourth-order valence-corrected chi connectivity index (χ4v) is 4.00. The summed E-state index contributed by atoms with van der Waals surface area (Å²) in [7, 11) is 3.16. The Kier molecular flexibility index (Phi) is 6.05. The maximum atomic E-state index is 12.3. The average molecular weight is 376 g/mol. The molecular formula is C18H24N4O3S. The second-order valence-electron chi connectivity index (χ2n) is 6.33. The van der Waals surface area contributed by atoms with E-state index in [0.29, 0.717) is 29.6 Å². The number of methoxy groups -OCH3 is 2. The van der Waals surface area contributed by atoms with Gasteiger partial charge in [-0.1, -0.05) is 0 Å². The molecule has 140 valence electrons. The maximum Gasteiger partial charge on any atom is 0.238 e. The minimum atomic E-state index is -0.0255. The lowest BCUT2D eigenvalue weighted by Crippen LogP contribution is -2.38. The molecule has 1 aromatic heterocycles. The molecule has 1 fully saturated rings. The van der Waals surface area contributed by atoms with Crippen LogP contribution in [0.4, 0.5) is 5.69 Å². The maximum absolute atomic E-state index is 12.3. The van der Waals surface area contributed by atoms with Gasteiger partial charge < -0.3 is 14.8 Å². The number of aryl methyl sites for hydroxylation is 1. The van der Waals surface area contributed by atoms with Crippen molar-refractivity contribution in [1.82, 2.24) is 15.1 Å². The molecule has 8 heteroatoms.